The minimum atomic E-state index is -0.112. The molecule has 0 bridgehead atoms. The number of rotatable bonds is 6. The molecule has 0 unspecified atom stereocenters. The summed E-state index contributed by atoms with van der Waals surface area (Å²) >= 11 is 4.75. The molecular weight excluding hydrogens is 462 g/mol. The van der Waals surface area contributed by atoms with Crippen LogP contribution in [0.1, 0.15) is 5.56 Å². The highest BCUT2D eigenvalue weighted by Crippen LogP contribution is 2.28. The standard InChI is InChI=1S/C22H18BrN5OS/c1-15-7-9-19(10-8-15)28-21(16-4-3-11-24-13-16)26-27-22(28)30-14-20(29)25-18-6-2-5-17(23)12-18/h2-13H,14H2,1H3,(H,25,29). The molecule has 1 N–H and O–H groups in total. The third kappa shape index (κ3) is 4.77. The molecule has 0 atom stereocenters. The summed E-state index contributed by atoms with van der Waals surface area (Å²) in [6.07, 6.45) is 3.47. The van der Waals surface area contributed by atoms with E-state index >= 15 is 0 Å². The lowest BCUT2D eigenvalue weighted by Crippen LogP contribution is -2.14. The molecule has 0 radical (unpaired) electrons. The molecule has 0 aliphatic heterocycles. The van der Waals surface area contributed by atoms with Gasteiger partial charge in [0.05, 0.1) is 5.75 Å². The summed E-state index contributed by atoms with van der Waals surface area (Å²) in [6.45, 7) is 2.04. The fraction of sp³-hybridized carbons (Fsp3) is 0.0909. The number of anilines is 1. The number of hydrogen-bond donors (Lipinski definition) is 1. The number of thioether (sulfide) groups is 1. The van der Waals surface area contributed by atoms with Crippen molar-refractivity contribution in [2.45, 2.75) is 12.1 Å². The first-order chi connectivity index (χ1) is 14.6. The topological polar surface area (TPSA) is 72.7 Å². The Morgan fingerprint density at radius 2 is 1.93 bits per heavy atom. The van der Waals surface area contributed by atoms with Crippen molar-refractivity contribution < 1.29 is 4.79 Å². The average molecular weight is 480 g/mol. The lowest BCUT2D eigenvalue weighted by molar-refractivity contribution is -0.113. The van der Waals surface area contributed by atoms with Gasteiger partial charge in [0.25, 0.3) is 0 Å². The molecule has 1 amide bonds. The van der Waals surface area contributed by atoms with Gasteiger partial charge in [0.15, 0.2) is 11.0 Å². The van der Waals surface area contributed by atoms with Crippen molar-refractivity contribution in [3.63, 3.8) is 0 Å². The molecule has 4 aromatic rings. The second-order valence-electron chi connectivity index (χ2n) is 6.57. The maximum atomic E-state index is 12.5. The number of carbonyl (C=O) groups is 1. The Bertz CT molecular complexity index is 1160. The van der Waals surface area contributed by atoms with Crippen LogP contribution >= 0.6 is 27.7 Å². The summed E-state index contributed by atoms with van der Waals surface area (Å²) < 4.78 is 2.86. The summed E-state index contributed by atoms with van der Waals surface area (Å²) in [7, 11) is 0. The summed E-state index contributed by atoms with van der Waals surface area (Å²) in [5.74, 6) is 0.783. The van der Waals surface area contributed by atoms with Crippen molar-refractivity contribution in [3.8, 4) is 17.1 Å². The number of pyridine rings is 1. The lowest BCUT2D eigenvalue weighted by atomic mass is 10.2. The van der Waals surface area contributed by atoms with Crippen molar-refractivity contribution in [2.24, 2.45) is 0 Å². The molecule has 0 spiro atoms. The minimum Gasteiger partial charge on any atom is -0.325 e. The molecule has 0 saturated heterocycles. The quantitative estimate of drug-likeness (QED) is 0.388. The first kappa shape index (κ1) is 20.3. The van der Waals surface area contributed by atoms with Gasteiger partial charge in [-0.1, -0.05) is 51.5 Å². The zero-order valence-corrected chi connectivity index (χ0v) is 18.5. The Morgan fingerprint density at radius 3 is 2.67 bits per heavy atom. The van der Waals surface area contributed by atoms with Gasteiger partial charge in [-0.3, -0.25) is 14.3 Å². The van der Waals surface area contributed by atoms with Gasteiger partial charge in [-0.2, -0.15) is 0 Å². The van der Waals surface area contributed by atoms with Crippen LogP contribution in [0.2, 0.25) is 0 Å². The Hall–Kier alpha value is -2.97. The normalized spacial score (nSPS) is 10.7. The van der Waals surface area contributed by atoms with E-state index in [2.05, 4.69) is 36.4 Å². The fourth-order valence-corrected chi connectivity index (χ4v) is 4.02. The maximum absolute atomic E-state index is 12.5. The predicted octanol–water partition coefficient (Wildman–Crippen LogP) is 5.13. The van der Waals surface area contributed by atoms with E-state index in [0.29, 0.717) is 11.0 Å². The molecule has 0 saturated carbocycles. The van der Waals surface area contributed by atoms with Gasteiger partial charge in [-0.15, -0.1) is 10.2 Å². The third-order valence-corrected chi connectivity index (χ3v) is 5.71. The van der Waals surface area contributed by atoms with Crippen molar-refractivity contribution in [1.82, 2.24) is 19.7 Å². The summed E-state index contributed by atoms with van der Waals surface area (Å²) in [5.41, 5.74) is 3.69. The van der Waals surface area contributed by atoms with Gasteiger partial charge in [0.1, 0.15) is 0 Å². The van der Waals surface area contributed by atoms with Crippen LogP contribution < -0.4 is 5.32 Å². The van der Waals surface area contributed by atoms with E-state index in [-0.39, 0.29) is 11.7 Å². The number of benzene rings is 2. The Labute approximate surface area is 186 Å². The molecule has 2 aromatic heterocycles. The molecule has 0 aliphatic carbocycles. The Kier molecular flexibility index (Phi) is 6.25. The van der Waals surface area contributed by atoms with Crippen molar-refractivity contribution in [3.05, 3.63) is 83.1 Å². The Morgan fingerprint density at radius 1 is 1.10 bits per heavy atom. The third-order valence-electron chi connectivity index (χ3n) is 4.29. The summed E-state index contributed by atoms with van der Waals surface area (Å²) in [4.78, 5) is 16.6. The molecule has 8 heteroatoms. The van der Waals surface area contributed by atoms with Crippen molar-refractivity contribution >= 4 is 39.3 Å². The second kappa shape index (κ2) is 9.23. The van der Waals surface area contributed by atoms with E-state index < -0.39 is 0 Å². The largest absolute Gasteiger partial charge is 0.325 e. The molecule has 150 valence electrons. The van der Waals surface area contributed by atoms with Crippen LogP contribution in [0.5, 0.6) is 0 Å². The highest BCUT2D eigenvalue weighted by molar-refractivity contribution is 9.10. The average Bonchev–Trinajstić information content (AvgIpc) is 3.17. The molecule has 6 nitrogen and oxygen atoms in total. The molecule has 0 aliphatic rings. The second-order valence-corrected chi connectivity index (χ2v) is 8.42. The van der Waals surface area contributed by atoms with Crippen LogP contribution in [0.3, 0.4) is 0 Å². The van der Waals surface area contributed by atoms with Crippen LogP contribution in [0.4, 0.5) is 5.69 Å². The maximum Gasteiger partial charge on any atom is 0.234 e. The molecule has 2 aromatic carbocycles. The Balaban J connectivity index is 1.59. The zero-order valence-electron chi connectivity index (χ0n) is 16.1. The van der Waals surface area contributed by atoms with E-state index in [1.54, 1.807) is 12.4 Å². The van der Waals surface area contributed by atoms with Gasteiger partial charge in [0, 0.05) is 33.8 Å². The minimum absolute atomic E-state index is 0.112. The SMILES string of the molecule is Cc1ccc(-n2c(SCC(=O)Nc3cccc(Br)c3)nnc2-c2cccnc2)cc1. The molecule has 2 heterocycles. The van der Waals surface area contributed by atoms with Crippen molar-refractivity contribution in [1.29, 1.82) is 0 Å². The highest BCUT2D eigenvalue weighted by Gasteiger charge is 2.17. The number of aromatic nitrogens is 4. The van der Waals surface area contributed by atoms with Crippen LogP contribution in [0.15, 0.2) is 82.7 Å². The van der Waals surface area contributed by atoms with E-state index in [0.717, 1.165) is 27.0 Å². The summed E-state index contributed by atoms with van der Waals surface area (Å²) in [5, 5.41) is 12.3. The van der Waals surface area contributed by atoms with E-state index in [1.807, 2.05) is 72.2 Å². The van der Waals surface area contributed by atoms with Crippen molar-refractivity contribution in [2.75, 3.05) is 11.1 Å². The molecule has 0 fully saturated rings. The van der Waals surface area contributed by atoms with Gasteiger partial charge in [0.2, 0.25) is 5.91 Å². The lowest BCUT2D eigenvalue weighted by Gasteiger charge is -2.11. The smallest absolute Gasteiger partial charge is 0.234 e. The number of nitrogens with one attached hydrogen (secondary N) is 1. The highest BCUT2D eigenvalue weighted by atomic mass is 79.9. The van der Waals surface area contributed by atoms with Crippen LogP contribution in [0, 0.1) is 6.92 Å². The zero-order chi connectivity index (χ0) is 20.9. The number of amides is 1. The first-order valence-corrected chi connectivity index (χ1v) is 11.0. The fourth-order valence-electron chi connectivity index (χ4n) is 2.87. The van der Waals surface area contributed by atoms with E-state index in [4.69, 9.17) is 0 Å². The summed E-state index contributed by atoms with van der Waals surface area (Å²) in [6, 6.07) is 19.4. The van der Waals surface area contributed by atoms with Crippen LogP contribution in [0.25, 0.3) is 17.1 Å². The molecular formula is C22H18BrN5OS. The number of aryl methyl sites for hydroxylation is 1. The number of halogens is 1. The van der Waals surface area contributed by atoms with Gasteiger partial charge in [-0.25, -0.2) is 0 Å². The van der Waals surface area contributed by atoms with Crippen LogP contribution in [-0.2, 0) is 4.79 Å². The monoisotopic (exact) mass is 479 g/mol. The first-order valence-electron chi connectivity index (χ1n) is 9.21. The predicted molar refractivity (Wildman–Crippen MR) is 123 cm³/mol. The van der Waals surface area contributed by atoms with E-state index in [9.17, 15) is 4.79 Å². The van der Waals surface area contributed by atoms with Crippen LogP contribution in [-0.4, -0.2) is 31.4 Å². The molecule has 4 rings (SSSR count). The molecule has 30 heavy (non-hydrogen) atoms. The van der Waals surface area contributed by atoms with Gasteiger partial charge >= 0.3 is 0 Å². The van der Waals surface area contributed by atoms with Gasteiger partial charge in [-0.05, 0) is 49.4 Å². The number of hydrogen-bond acceptors (Lipinski definition) is 5. The van der Waals surface area contributed by atoms with Gasteiger partial charge < -0.3 is 5.32 Å². The number of nitrogens with zero attached hydrogens (tertiary/aromatic N) is 4. The number of carbonyl (C=O) groups excluding carboxylic acids is 1. The van der Waals surface area contributed by atoms with E-state index in [1.165, 1.54) is 11.8 Å².